The van der Waals surface area contributed by atoms with Gasteiger partial charge in [-0.15, -0.1) is 0 Å². The number of hydrogen-bond donors (Lipinski definition) is 0. The van der Waals surface area contributed by atoms with E-state index in [1.165, 1.54) is 45.4 Å². The molecule has 0 aromatic rings. The topological polar surface area (TPSA) is 26.8 Å². The van der Waals surface area contributed by atoms with Crippen molar-refractivity contribution in [2.24, 2.45) is 11.8 Å². The Labute approximate surface area is 129 Å². The maximum atomic E-state index is 12.3. The van der Waals surface area contributed by atoms with Crippen molar-refractivity contribution in [3.8, 4) is 0 Å². The molecule has 2 aliphatic heterocycles. The molecule has 0 N–H and O–H groups in total. The van der Waals surface area contributed by atoms with E-state index in [4.69, 9.17) is 0 Å². The molecule has 1 amide bonds. The van der Waals surface area contributed by atoms with Gasteiger partial charge >= 0.3 is 0 Å². The number of carbonyl (C=O) groups excluding carboxylic acids is 1. The standard InChI is InChI=1S/C17H31N3O/c1-14-12-18(2)10-11-20(14)13-15-6-8-19(9-7-15)17(21)16-4-3-5-16/h14-16H,3-13H2,1-2H3. The molecule has 0 bridgehead atoms. The summed E-state index contributed by atoms with van der Waals surface area (Å²) in [6, 6.07) is 0.679. The molecule has 21 heavy (non-hydrogen) atoms. The molecule has 2 heterocycles. The van der Waals surface area contributed by atoms with Gasteiger partial charge in [0.25, 0.3) is 0 Å². The van der Waals surface area contributed by atoms with Gasteiger partial charge in [0.1, 0.15) is 0 Å². The van der Waals surface area contributed by atoms with Crippen LogP contribution < -0.4 is 0 Å². The molecular formula is C17H31N3O. The fourth-order valence-electron chi connectivity index (χ4n) is 4.03. The van der Waals surface area contributed by atoms with Crippen molar-refractivity contribution in [1.82, 2.24) is 14.7 Å². The number of likely N-dealkylation sites (N-methyl/N-ethyl adjacent to an activating group) is 1. The average Bonchev–Trinajstić information content (AvgIpc) is 2.41. The second-order valence-electron chi connectivity index (χ2n) is 7.50. The highest BCUT2D eigenvalue weighted by atomic mass is 16.2. The molecule has 4 nitrogen and oxygen atoms in total. The Morgan fingerprint density at radius 2 is 1.76 bits per heavy atom. The zero-order chi connectivity index (χ0) is 14.8. The molecule has 3 fully saturated rings. The van der Waals surface area contributed by atoms with Crippen LogP contribution in [0, 0.1) is 11.8 Å². The number of likely N-dealkylation sites (tertiary alicyclic amines) is 1. The van der Waals surface area contributed by atoms with E-state index in [0.717, 1.165) is 31.8 Å². The van der Waals surface area contributed by atoms with Gasteiger partial charge in [-0.25, -0.2) is 0 Å². The Morgan fingerprint density at radius 3 is 2.33 bits per heavy atom. The lowest BCUT2D eigenvalue weighted by Gasteiger charge is -2.42. The lowest BCUT2D eigenvalue weighted by Crippen LogP contribution is -2.52. The first-order chi connectivity index (χ1) is 10.1. The lowest BCUT2D eigenvalue weighted by atomic mass is 9.83. The zero-order valence-corrected chi connectivity index (χ0v) is 13.8. The molecule has 0 aromatic carbocycles. The zero-order valence-electron chi connectivity index (χ0n) is 13.8. The van der Waals surface area contributed by atoms with Gasteiger partial charge in [-0.1, -0.05) is 6.42 Å². The number of carbonyl (C=O) groups is 1. The molecule has 0 spiro atoms. The molecule has 4 heteroatoms. The van der Waals surface area contributed by atoms with Crippen molar-refractivity contribution < 1.29 is 4.79 Å². The van der Waals surface area contributed by atoms with Crippen LogP contribution in [-0.4, -0.2) is 73.0 Å². The van der Waals surface area contributed by atoms with Crippen LogP contribution in [-0.2, 0) is 4.79 Å². The first-order valence-electron chi connectivity index (χ1n) is 8.85. The Bertz CT molecular complexity index is 361. The molecule has 1 aliphatic carbocycles. The number of rotatable bonds is 3. The normalized spacial score (nSPS) is 30.4. The van der Waals surface area contributed by atoms with Crippen LogP contribution in [0.15, 0.2) is 0 Å². The van der Waals surface area contributed by atoms with Crippen molar-refractivity contribution in [2.45, 2.75) is 45.1 Å². The largest absolute Gasteiger partial charge is 0.342 e. The monoisotopic (exact) mass is 293 g/mol. The van der Waals surface area contributed by atoms with Crippen molar-refractivity contribution >= 4 is 5.91 Å². The molecular weight excluding hydrogens is 262 g/mol. The van der Waals surface area contributed by atoms with Gasteiger partial charge in [0.05, 0.1) is 0 Å². The van der Waals surface area contributed by atoms with Gasteiger partial charge in [0.2, 0.25) is 5.91 Å². The van der Waals surface area contributed by atoms with Crippen molar-refractivity contribution in [3.63, 3.8) is 0 Å². The highest BCUT2D eigenvalue weighted by Crippen LogP contribution is 2.30. The highest BCUT2D eigenvalue weighted by molar-refractivity contribution is 5.79. The summed E-state index contributed by atoms with van der Waals surface area (Å²) in [6.45, 7) is 9.19. The number of nitrogens with zero attached hydrogens (tertiary/aromatic N) is 3. The SMILES string of the molecule is CC1CN(C)CCN1CC1CCN(C(=O)C2CCC2)CC1. The Kier molecular flexibility index (Phi) is 4.85. The summed E-state index contributed by atoms with van der Waals surface area (Å²) >= 11 is 0. The van der Waals surface area contributed by atoms with Gasteiger partial charge in [0, 0.05) is 51.2 Å². The minimum atomic E-state index is 0.374. The van der Waals surface area contributed by atoms with Crippen LogP contribution in [0.3, 0.4) is 0 Å². The minimum Gasteiger partial charge on any atom is -0.342 e. The third-order valence-corrected chi connectivity index (χ3v) is 5.84. The van der Waals surface area contributed by atoms with E-state index in [-0.39, 0.29) is 0 Å². The number of piperazine rings is 1. The number of amides is 1. The predicted molar refractivity (Wildman–Crippen MR) is 85.2 cm³/mol. The molecule has 1 saturated carbocycles. The van der Waals surface area contributed by atoms with Crippen LogP contribution in [0.5, 0.6) is 0 Å². The fourth-order valence-corrected chi connectivity index (χ4v) is 4.03. The maximum absolute atomic E-state index is 12.3. The summed E-state index contributed by atoms with van der Waals surface area (Å²) < 4.78 is 0. The van der Waals surface area contributed by atoms with Crippen LogP contribution >= 0.6 is 0 Å². The van der Waals surface area contributed by atoms with E-state index >= 15 is 0 Å². The second kappa shape index (κ2) is 6.66. The third kappa shape index (κ3) is 3.59. The third-order valence-electron chi connectivity index (χ3n) is 5.84. The first-order valence-corrected chi connectivity index (χ1v) is 8.85. The lowest BCUT2D eigenvalue weighted by molar-refractivity contribution is -0.139. The number of piperidine rings is 1. The summed E-state index contributed by atoms with van der Waals surface area (Å²) in [4.78, 5) is 19.5. The minimum absolute atomic E-state index is 0.374. The number of hydrogen-bond acceptors (Lipinski definition) is 3. The van der Waals surface area contributed by atoms with Crippen molar-refractivity contribution in [1.29, 1.82) is 0 Å². The smallest absolute Gasteiger partial charge is 0.225 e. The van der Waals surface area contributed by atoms with Crippen molar-refractivity contribution in [3.05, 3.63) is 0 Å². The van der Waals surface area contributed by atoms with E-state index in [9.17, 15) is 4.79 Å². The van der Waals surface area contributed by atoms with Gasteiger partial charge in [0.15, 0.2) is 0 Å². The van der Waals surface area contributed by atoms with Crippen LogP contribution in [0.25, 0.3) is 0 Å². The summed E-state index contributed by atoms with van der Waals surface area (Å²) in [5, 5.41) is 0. The van der Waals surface area contributed by atoms with Crippen LogP contribution in [0.2, 0.25) is 0 Å². The molecule has 3 aliphatic rings. The van der Waals surface area contributed by atoms with E-state index < -0.39 is 0 Å². The van der Waals surface area contributed by atoms with Gasteiger partial charge in [-0.3, -0.25) is 9.69 Å². The van der Waals surface area contributed by atoms with Gasteiger partial charge < -0.3 is 9.80 Å². The molecule has 0 radical (unpaired) electrons. The molecule has 1 atom stereocenters. The quantitative estimate of drug-likeness (QED) is 0.792. The van der Waals surface area contributed by atoms with Gasteiger partial charge in [-0.05, 0) is 45.6 Å². The van der Waals surface area contributed by atoms with E-state index in [2.05, 4.69) is 28.7 Å². The van der Waals surface area contributed by atoms with Gasteiger partial charge in [-0.2, -0.15) is 0 Å². The van der Waals surface area contributed by atoms with E-state index in [1.54, 1.807) is 0 Å². The van der Waals surface area contributed by atoms with Crippen LogP contribution in [0.4, 0.5) is 0 Å². The van der Waals surface area contributed by atoms with Crippen LogP contribution in [0.1, 0.15) is 39.0 Å². The Balaban J connectivity index is 1.42. The molecule has 0 aromatic heterocycles. The summed E-state index contributed by atoms with van der Waals surface area (Å²) in [5.41, 5.74) is 0. The average molecular weight is 293 g/mol. The van der Waals surface area contributed by atoms with Crippen molar-refractivity contribution in [2.75, 3.05) is 46.3 Å². The summed E-state index contributed by atoms with van der Waals surface area (Å²) in [7, 11) is 2.22. The van der Waals surface area contributed by atoms with E-state index in [1.807, 2.05) is 0 Å². The Hall–Kier alpha value is -0.610. The van der Waals surface area contributed by atoms with E-state index in [0.29, 0.717) is 17.9 Å². The summed E-state index contributed by atoms with van der Waals surface area (Å²) in [5.74, 6) is 1.62. The summed E-state index contributed by atoms with van der Waals surface area (Å²) in [6.07, 6.45) is 5.94. The fraction of sp³-hybridized carbons (Fsp3) is 0.941. The predicted octanol–water partition coefficient (Wildman–Crippen LogP) is 1.66. The second-order valence-corrected chi connectivity index (χ2v) is 7.50. The first kappa shape index (κ1) is 15.3. The molecule has 1 unspecified atom stereocenters. The molecule has 2 saturated heterocycles. The highest BCUT2D eigenvalue weighted by Gasteiger charge is 2.32. The Morgan fingerprint density at radius 1 is 1.05 bits per heavy atom. The maximum Gasteiger partial charge on any atom is 0.225 e. The molecule has 120 valence electrons. The molecule has 3 rings (SSSR count).